The predicted molar refractivity (Wildman–Crippen MR) is 87.2 cm³/mol. The first-order chi connectivity index (χ1) is 10.6. The summed E-state index contributed by atoms with van der Waals surface area (Å²) in [5.41, 5.74) is 0.858. The van der Waals surface area contributed by atoms with Crippen LogP contribution in [0.5, 0.6) is 0 Å². The molecule has 0 radical (unpaired) electrons. The largest absolute Gasteiger partial charge is 0.325 e. The number of para-hydroxylation sites is 1. The molecule has 0 unspecified atom stereocenters. The lowest BCUT2D eigenvalue weighted by Crippen LogP contribution is -2.18. The van der Waals surface area contributed by atoms with Crippen LogP contribution in [0.2, 0.25) is 5.02 Å². The normalized spacial score (nSPS) is 10.1. The Morgan fingerprint density at radius 1 is 1.14 bits per heavy atom. The van der Waals surface area contributed by atoms with Crippen molar-refractivity contribution in [3.05, 3.63) is 53.2 Å². The van der Waals surface area contributed by atoms with Gasteiger partial charge in [-0.25, -0.2) is 4.98 Å². The number of carbonyl (C=O) groups excluding carboxylic acids is 2. The Balaban J connectivity index is 2.15. The topological polar surface area (TPSA) is 71.1 Å². The van der Waals surface area contributed by atoms with Gasteiger partial charge in [-0.3, -0.25) is 9.59 Å². The molecule has 1 aromatic heterocycles. The number of nitrogens with one attached hydrogen (secondary N) is 2. The van der Waals surface area contributed by atoms with Crippen molar-refractivity contribution in [2.75, 3.05) is 10.6 Å². The second kappa shape index (κ2) is 7.56. The first kappa shape index (κ1) is 16.0. The number of hydrogen-bond donors (Lipinski definition) is 2. The van der Waals surface area contributed by atoms with Crippen molar-refractivity contribution in [1.82, 2.24) is 4.98 Å². The van der Waals surface area contributed by atoms with Crippen LogP contribution in [-0.4, -0.2) is 16.8 Å². The van der Waals surface area contributed by atoms with Gasteiger partial charge in [0.15, 0.2) is 0 Å². The smallest absolute Gasteiger partial charge is 0.258 e. The number of halogens is 1. The van der Waals surface area contributed by atoms with Crippen molar-refractivity contribution in [2.45, 2.75) is 19.8 Å². The molecule has 2 aromatic rings. The summed E-state index contributed by atoms with van der Waals surface area (Å²) in [6.45, 7) is 1.92. The van der Waals surface area contributed by atoms with Gasteiger partial charge in [-0.15, -0.1) is 0 Å². The summed E-state index contributed by atoms with van der Waals surface area (Å²) in [5.74, 6) is -0.0707. The molecule has 0 spiro atoms. The van der Waals surface area contributed by atoms with Crippen molar-refractivity contribution < 1.29 is 9.59 Å². The van der Waals surface area contributed by atoms with Crippen molar-refractivity contribution in [3.63, 3.8) is 0 Å². The SMILES string of the molecule is CCCC(=O)Nc1ccccc1C(=O)Nc1ccc(Cl)cn1. The van der Waals surface area contributed by atoms with Crippen LogP contribution in [0, 0.1) is 0 Å². The van der Waals surface area contributed by atoms with Gasteiger partial charge in [-0.05, 0) is 30.7 Å². The molecule has 6 heteroatoms. The quantitative estimate of drug-likeness (QED) is 0.882. The molecule has 0 saturated heterocycles. The minimum absolute atomic E-state index is 0.118. The fourth-order valence-electron chi connectivity index (χ4n) is 1.86. The van der Waals surface area contributed by atoms with E-state index < -0.39 is 0 Å². The van der Waals surface area contributed by atoms with Gasteiger partial charge in [-0.1, -0.05) is 30.7 Å². The lowest BCUT2D eigenvalue weighted by Gasteiger charge is -2.11. The molecule has 22 heavy (non-hydrogen) atoms. The summed E-state index contributed by atoms with van der Waals surface area (Å²) >= 11 is 5.75. The molecule has 0 aliphatic heterocycles. The number of carbonyl (C=O) groups is 2. The molecule has 1 aromatic carbocycles. The van der Waals surface area contributed by atoms with Gasteiger partial charge >= 0.3 is 0 Å². The average Bonchev–Trinajstić information content (AvgIpc) is 2.50. The number of anilines is 2. The Morgan fingerprint density at radius 2 is 1.91 bits per heavy atom. The van der Waals surface area contributed by atoms with Gasteiger partial charge in [-0.2, -0.15) is 0 Å². The van der Waals surface area contributed by atoms with E-state index in [0.29, 0.717) is 28.5 Å². The minimum Gasteiger partial charge on any atom is -0.325 e. The molecular weight excluding hydrogens is 302 g/mol. The van der Waals surface area contributed by atoms with E-state index in [1.165, 1.54) is 6.20 Å². The van der Waals surface area contributed by atoms with E-state index in [2.05, 4.69) is 15.6 Å². The van der Waals surface area contributed by atoms with Gasteiger partial charge < -0.3 is 10.6 Å². The monoisotopic (exact) mass is 317 g/mol. The van der Waals surface area contributed by atoms with E-state index in [1.54, 1.807) is 36.4 Å². The molecular formula is C16H16ClN3O2. The van der Waals surface area contributed by atoms with Crippen molar-refractivity contribution >= 4 is 34.9 Å². The highest BCUT2D eigenvalue weighted by Gasteiger charge is 2.13. The van der Waals surface area contributed by atoms with Crippen LogP contribution in [-0.2, 0) is 4.79 Å². The maximum absolute atomic E-state index is 12.3. The van der Waals surface area contributed by atoms with Gasteiger partial charge in [0.05, 0.1) is 16.3 Å². The summed E-state index contributed by atoms with van der Waals surface area (Å²) in [7, 11) is 0. The van der Waals surface area contributed by atoms with Crippen LogP contribution >= 0.6 is 11.6 Å². The molecule has 1 heterocycles. The predicted octanol–water partition coefficient (Wildman–Crippen LogP) is 3.73. The van der Waals surface area contributed by atoms with Crippen LogP contribution in [0.4, 0.5) is 11.5 Å². The number of nitrogens with zero attached hydrogens (tertiary/aromatic N) is 1. The van der Waals surface area contributed by atoms with Crippen molar-refractivity contribution in [3.8, 4) is 0 Å². The number of pyridine rings is 1. The first-order valence-electron chi connectivity index (χ1n) is 6.92. The number of hydrogen-bond acceptors (Lipinski definition) is 3. The standard InChI is InChI=1S/C16H16ClN3O2/c1-2-5-15(21)19-13-7-4-3-6-12(13)16(22)20-14-9-8-11(17)10-18-14/h3-4,6-10H,2,5H2,1H3,(H,19,21)(H,18,20,22). The van der Waals surface area contributed by atoms with E-state index in [0.717, 1.165) is 6.42 Å². The zero-order chi connectivity index (χ0) is 15.9. The summed E-state index contributed by atoms with van der Waals surface area (Å²) < 4.78 is 0. The third-order valence-corrected chi connectivity index (χ3v) is 3.12. The fraction of sp³-hybridized carbons (Fsp3) is 0.188. The highest BCUT2D eigenvalue weighted by Crippen LogP contribution is 2.18. The maximum Gasteiger partial charge on any atom is 0.258 e. The highest BCUT2D eigenvalue weighted by molar-refractivity contribution is 6.30. The number of benzene rings is 1. The zero-order valence-electron chi connectivity index (χ0n) is 12.1. The molecule has 2 amide bonds. The second-order valence-corrected chi connectivity index (χ2v) is 5.10. The van der Waals surface area contributed by atoms with E-state index >= 15 is 0 Å². The van der Waals surface area contributed by atoms with E-state index in [-0.39, 0.29) is 11.8 Å². The van der Waals surface area contributed by atoms with E-state index in [1.807, 2.05) is 6.92 Å². The summed E-state index contributed by atoms with van der Waals surface area (Å²) in [6, 6.07) is 10.1. The Bertz CT molecular complexity index is 671. The number of rotatable bonds is 5. The van der Waals surface area contributed by atoms with Gasteiger partial charge in [0.1, 0.15) is 5.82 Å². The number of aromatic nitrogens is 1. The molecule has 2 rings (SSSR count). The Kier molecular flexibility index (Phi) is 5.49. The van der Waals surface area contributed by atoms with Crippen LogP contribution in [0.1, 0.15) is 30.1 Å². The molecule has 0 saturated carbocycles. The lowest BCUT2D eigenvalue weighted by molar-refractivity contribution is -0.116. The van der Waals surface area contributed by atoms with Crippen LogP contribution in [0.25, 0.3) is 0 Å². The first-order valence-corrected chi connectivity index (χ1v) is 7.29. The van der Waals surface area contributed by atoms with Crippen LogP contribution in [0.3, 0.4) is 0 Å². The molecule has 0 aliphatic rings. The maximum atomic E-state index is 12.3. The van der Waals surface area contributed by atoms with Gasteiger partial charge in [0, 0.05) is 12.6 Å². The average molecular weight is 318 g/mol. The zero-order valence-corrected chi connectivity index (χ0v) is 12.9. The third kappa shape index (κ3) is 4.30. The molecule has 5 nitrogen and oxygen atoms in total. The van der Waals surface area contributed by atoms with Crippen LogP contribution < -0.4 is 10.6 Å². The minimum atomic E-state index is -0.345. The summed E-state index contributed by atoms with van der Waals surface area (Å²) in [5, 5.41) is 5.91. The van der Waals surface area contributed by atoms with Crippen molar-refractivity contribution in [2.24, 2.45) is 0 Å². The van der Waals surface area contributed by atoms with Gasteiger partial charge in [0.2, 0.25) is 5.91 Å². The Hall–Kier alpha value is -2.40. The molecule has 2 N–H and O–H groups in total. The lowest BCUT2D eigenvalue weighted by atomic mass is 10.1. The summed E-state index contributed by atoms with van der Waals surface area (Å²) in [6.07, 6.45) is 2.61. The third-order valence-electron chi connectivity index (χ3n) is 2.89. The molecule has 114 valence electrons. The van der Waals surface area contributed by atoms with E-state index in [4.69, 9.17) is 11.6 Å². The van der Waals surface area contributed by atoms with Crippen LogP contribution in [0.15, 0.2) is 42.6 Å². The Morgan fingerprint density at radius 3 is 2.59 bits per heavy atom. The second-order valence-electron chi connectivity index (χ2n) is 4.66. The molecule has 0 fully saturated rings. The molecule has 0 atom stereocenters. The van der Waals surface area contributed by atoms with E-state index in [9.17, 15) is 9.59 Å². The fourth-order valence-corrected chi connectivity index (χ4v) is 1.98. The number of amides is 2. The summed E-state index contributed by atoms with van der Waals surface area (Å²) in [4.78, 5) is 28.0. The highest BCUT2D eigenvalue weighted by atomic mass is 35.5. The van der Waals surface area contributed by atoms with Crippen molar-refractivity contribution in [1.29, 1.82) is 0 Å². The van der Waals surface area contributed by atoms with Gasteiger partial charge in [0.25, 0.3) is 5.91 Å². The molecule has 0 aliphatic carbocycles. The Labute approximate surface area is 133 Å². The molecule has 0 bridgehead atoms.